The number of halogens is 2. The van der Waals surface area contributed by atoms with E-state index in [0.717, 1.165) is 4.47 Å². The van der Waals surface area contributed by atoms with E-state index >= 15 is 0 Å². The smallest absolute Gasteiger partial charge is 0.262 e. The lowest BCUT2D eigenvalue weighted by atomic mass is 10.2. The highest BCUT2D eigenvalue weighted by Crippen LogP contribution is 2.21. The molecule has 108 valence electrons. The maximum atomic E-state index is 13.0. The molecule has 2 aromatic rings. The van der Waals surface area contributed by atoms with Gasteiger partial charge in [-0.2, -0.15) is 0 Å². The van der Waals surface area contributed by atoms with Crippen LogP contribution in [0.3, 0.4) is 0 Å². The summed E-state index contributed by atoms with van der Waals surface area (Å²) in [7, 11) is 0. The quantitative estimate of drug-likeness (QED) is 0.839. The number of rotatable bonds is 5. The van der Waals surface area contributed by atoms with Gasteiger partial charge in [-0.15, -0.1) is 0 Å². The molecule has 21 heavy (non-hydrogen) atoms. The summed E-state index contributed by atoms with van der Waals surface area (Å²) in [6, 6.07) is 10.4. The van der Waals surface area contributed by atoms with Crippen LogP contribution in [0.2, 0.25) is 0 Å². The Bertz CT molecular complexity index is 676. The molecule has 0 spiro atoms. The minimum absolute atomic E-state index is 0.279. The second-order valence-corrected chi connectivity index (χ2v) is 5.06. The van der Waals surface area contributed by atoms with E-state index in [9.17, 15) is 14.0 Å². The van der Waals surface area contributed by atoms with E-state index in [1.165, 1.54) is 18.2 Å². The first-order valence-electron chi connectivity index (χ1n) is 6.01. The molecule has 0 unspecified atom stereocenters. The van der Waals surface area contributed by atoms with Crippen molar-refractivity contribution in [3.63, 3.8) is 0 Å². The summed E-state index contributed by atoms with van der Waals surface area (Å²) in [5, 5.41) is 2.50. The highest BCUT2D eigenvalue weighted by Gasteiger charge is 2.08. The normalized spacial score (nSPS) is 10.0. The number of aldehydes is 1. The van der Waals surface area contributed by atoms with E-state index in [-0.39, 0.29) is 6.61 Å². The Kier molecular flexibility index (Phi) is 5.05. The third-order valence-corrected chi connectivity index (χ3v) is 3.06. The summed E-state index contributed by atoms with van der Waals surface area (Å²) in [5.74, 6) is -0.576. The summed E-state index contributed by atoms with van der Waals surface area (Å²) < 4.78 is 19.0. The molecule has 0 bridgehead atoms. The lowest BCUT2D eigenvalue weighted by Crippen LogP contribution is -2.20. The van der Waals surface area contributed by atoms with E-state index in [1.807, 2.05) is 0 Å². The number of hydrogen-bond acceptors (Lipinski definition) is 3. The molecular formula is C15H11BrFNO3. The molecule has 1 N–H and O–H groups in total. The van der Waals surface area contributed by atoms with Crippen LogP contribution in [-0.2, 0) is 4.79 Å². The number of ether oxygens (including phenoxy) is 1. The van der Waals surface area contributed by atoms with Gasteiger partial charge in [0.15, 0.2) is 12.9 Å². The Hall–Kier alpha value is -2.21. The van der Waals surface area contributed by atoms with E-state index < -0.39 is 11.7 Å². The second kappa shape index (κ2) is 6.99. The molecule has 2 rings (SSSR count). The van der Waals surface area contributed by atoms with Crippen molar-refractivity contribution in [1.29, 1.82) is 0 Å². The summed E-state index contributed by atoms with van der Waals surface area (Å²) in [4.78, 5) is 22.6. The first-order valence-corrected chi connectivity index (χ1v) is 6.81. The Morgan fingerprint density at radius 1 is 1.29 bits per heavy atom. The number of anilines is 1. The minimum atomic E-state index is -0.444. The summed E-state index contributed by atoms with van der Waals surface area (Å²) in [6.07, 6.45) is 0.643. The summed E-state index contributed by atoms with van der Waals surface area (Å²) >= 11 is 3.24. The molecule has 0 aliphatic heterocycles. The van der Waals surface area contributed by atoms with Crippen molar-refractivity contribution in [2.24, 2.45) is 0 Å². The highest BCUT2D eigenvalue weighted by atomic mass is 79.9. The average Bonchev–Trinajstić information content (AvgIpc) is 2.45. The van der Waals surface area contributed by atoms with Gasteiger partial charge in [0.25, 0.3) is 5.91 Å². The van der Waals surface area contributed by atoms with Crippen LogP contribution < -0.4 is 10.1 Å². The van der Waals surface area contributed by atoms with Crippen LogP contribution in [0, 0.1) is 5.82 Å². The molecule has 0 saturated heterocycles. The van der Waals surface area contributed by atoms with Crippen LogP contribution >= 0.6 is 15.9 Å². The van der Waals surface area contributed by atoms with Crippen molar-refractivity contribution < 1.29 is 18.7 Å². The van der Waals surface area contributed by atoms with Crippen molar-refractivity contribution in [1.82, 2.24) is 0 Å². The first-order chi connectivity index (χ1) is 10.1. The SMILES string of the molecule is O=Cc1cc(Br)ccc1OCC(=O)Nc1cccc(F)c1. The van der Waals surface area contributed by atoms with E-state index in [1.54, 1.807) is 24.3 Å². The third-order valence-electron chi connectivity index (χ3n) is 2.57. The lowest BCUT2D eigenvalue weighted by molar-refractivity contribution is -0.118. The van der Waals surface area contributed by atoms with Crippen molar-refractivity contribution in [3.05, 3.63) is 58.3 Å². The second-order valence-electron chi connectivity index (χ2n) is 4.15. The van der Waals surface area contributed by atoms with Gasteiger partial charge in [0, 0.05) is 10.2 Å². The van der Waals surface area contributed by atoms with Crippen molar-refractivity contribution >= 4 is 33.8 Å². The molecule has 0 radical (unpaired) electrons. The van der Waals surface area contributed by atoms with Gasteiger partial charge >= 0.3 is 0 Å². The van der Waals surface area contributed by atoms with Gasteiger partial charge in [-0.3, -0.25) is 9.59 Å². The fourth-order valence-corrected chi connectivity index (χ4v) is 2.03. The molecule has 0 aromatic heterocycles. The number of carbonyl (C=O) groups is 2. The molecule has 0 saturated carbocycles. The number of benzene rings is 2. The van der Waals surface area contributed by atoms with E-state index in [4.69, 9.17) is 4.74 Å². The van der Waals surface area contributed by atoms with Gasteiger partial charge in [0.1, 0.15) is 11.6 Å². The van der Waals surface area contributed by atoms with Crippen molar-refractivity contribution in [2.75, 3.05) is 11.9 Å². The fraction of sp³-hybridized carbons (Fsp3) is 0.0667. The van der Waals surface area contributed by atoms with Crippen LogP contribution in [0.5, 0.6) is 5.75 Å². The van der Waals surface area contributed by atoms with Gasteiger partial charge in [0.05, 0.1) is 5.56 Å². The lowest BCUT2D eigenvalue weighted by Gasteiger charge is -2.09. The molecule has 6 heteroatoms. The Labute approximate surface area is 129 Å². The van der Waals surface area contributed by atoms with Crippen molar-refractivity contribution in [3.8, 4) is 5.75 Å². The topological polar surface area (TPSA) is 55.4 Å². The molecule has 4 nitrogen and oxygen atoms in total. The zero-order valence-electron chi connectivity index (χ0n) is 10.8. The monoisotopic (exact) mass is 351 g/mol. The minimum Gasteiger partial charge on any atom is -0.483 e. The standard InChI is InChI=1S/C15H11BrFNO3/c16-11-4-5-14(10(6-11)8-19)21-9-15(20)18-13-3-1-2-12(17)7-13/h1-8H,9H2,(H,18,20). The maximum absolute atomic E-state index is 13.0. The molecule has 0 atom stereocenters. The predicted molar refractivity (Wildman–Crippen MR) is 80.1 cm³/mol. The number of carbonyl (C=O) groups excluding carboxylic acids is 2. The largest absolute Gasteiger partial charge is 0.483 e. The van der Waals surface area contributed by atoms with Crippen molar-refractivity contribution in [2.45, 2.75) is 0 Å². The highest BCUT2D eigenvalue weighted by molar-refractivity contribution is 9.10. The Balaban J connectivity index is 1.97. The first kappa shape index (κ1) is 15.2. The predicted octanol–water partition coefficient (Wildman–Crippen LogP) is 3.42. The zero-order chi connectivity index (χ0) is 15.2. The third kappa shape index (κ3) is 4.39. The fourth-order valence-electron chi connectivity index (χ4n) is 1.65. The molecule has 0 aliphatic carbocycles. The van der Waals surface area contributed by atoms with Gasteiger partial charge in [0.2, 0.25) is 0 Å². The average molecular weight is 352 g/mol. The Morgan fingerprint density at radius 3 is 2.81 bits per heavy atom. The van der Waals surface area contributed by atoms with E-state index in [0.29, 0.717) is 23.3 Å². The van der Waals surface area contributed by atoms with Gasteiger partial charge in [-0.25, -0.2) is 4.39 Å². The van der Waals surface area contributed by atoms with Crippen LogP contribution in [0.15, 0.2) is 46.9 Å². The Morgan fingerprint density at radius 2 is 2.10 bits per heavy atom. The molecule has 2 aromatic carbocycles. The number of hydrogen-bond donors (Lipinski definition) is 1. The number of nitrogens with one attached hydrogen (secondary N) is 1. The summed E-state index contributed by atoms with van der Waals surface area (Å²) in [5.41, 5.74) is 0.679. The van der Waals surface area contributed by atoms with Crippen LogP contribution in [-0.4, -0.2) is 18.8 Å². The van der Waals surface area contributed by atoms with Gasteiger partial charge < -0.3 is 10.1 Å². The van der Waals surface area contributed by atoms with Crippen LogP contribution in [0.4, 0.5) is 10.1 Å². The number of amides is 1. The van der Waals surface area contributed by atoms with Crippen LogP contribution in [0.25, 0.3) is 0 Å². The molecular weight excluding hydrogens is 341 g/mol. The van der Waals surface area contributed by atoms with Crippen LogP contribution in [0.1, 0.15) is 10.4 Å². The molecule has 0 fully saturated rings. The maximum Gasteiger partial charge on any atom is 0.262 e. The van der Waals surface area contributed by atoms with Gasteiger partial charge in [-0.1, -0.05) is 22.0 Å². The molecule has 0 heterocycles. The summed E-state index contributed by atoms with van der Waals surface area (Å²) in [6.45, 7) is -0.279. The molecule has 0 aliphatic rings. The zero-order valence-corrected chi connectivity index (χ0v) is 12.4. The molecule has 1 amide bonds. The van der Waals surface area contributed by atoms with E-state index in [2.05, 4.69) is 21.2 Å². The van der Waals surface area contributed by atoms with Gasteiger partial charge in [-0.05, 0) is 36.4 Å².